The predicted octanol–water partition coefficient (Wildman–Crippen LogP) is 0.800. The maximum Gasteiger partial charge on any atom is 0.214 e. The van der Waals surface area contributed by atoms with Gasteiger partial charge >= 0.3 is 0 Å². The van der Waals surface area contributed by atoms with Gasteiger partial charge in [-0.05, 0) is 51.6 Å². The zero-order valence-electron chi connectivity index (χ0n) is 9.98. The lowest BCUT2D eigenvalue weighted by molar-refractivity contribution is 0.388. The van der Waals surface area contributed by atoms with Crippen LogP contribution in [0.4, 0.5) is 0 Å². The fourth-order valence-corrected chi connectivity index (χ4v) is 3.80. The lowest BCUT2D eigenvalue weighted by atomic mass is 10.4. The van der Waals surface area contributed by atoms with E-state index in [4.69, 9.17) is 0 Å². The van der Waals surface area contributed by atoms with Crippen molar-refractivity contribution in [3.63, 3.8) is 0 Å². The highest BCUT2D eigenvalue weighted by Gasteiger charge is 2.39. The quantitative estimate of drug-likeness (QED) is 0.645. The molecule has 0 aromatic heterocycles. The van der Waals surface area contributed by atoms with E-state index >= 15 is 0 Å². The van der Waals surface area contributed by atoms with Crippen molar-refractivity contribution in [2.24, 2.45) is 5.92 Å². The molecule has 0 amide bonds. The first-order valence-corrected chi connectivity index (χ1v) is 7.88. The van der Waals surface area contributed by atoms with Gasteiger partial charge in [0.25, 0.3) is 0 Å². The Morgan fingerprint density at radius 2 is 1.94 bits per heavy atom. The molecule has 2 rings (SSSR count). The zero-order valence-corrected chi connectivity index (χ0v) is 10.8. The predicted molar refractivity (Wildman–Crippen MR) is 64.8 cm³/mol. The van der Waals surface area contributed by atoms with Gasteiger partial charge < -0.3 is 5.32 Å². The van der Waals surface area contributed by atoms with Crippen LogP contribution in [0.2, 0.25) is 0 Å². The summed E-state index contributed by atoms with van der Waals surface area (Å²) in [6.07, 6.45) is 5.28. The summed E-state index contributed by atoms with van der Waals surface area (Å²) in [4.78, 5) is 0. The van der Waals surface area contributed by atoms with E-state index < -0.39 is 10.0 Å². The molecular formula is C11H22N2O2S. The molecule has 0 radical (unpaired) electrons. The summed E-state index contributed by atoms with van der Waals surface area (Å²) in [5, 5.41) is 2.99. The first kappa shape index (κ1) is 12.3. The smallest absolute Gasteiger partial charge is 0.214 e. The zero-order chi connectivity index (χ0) is 11.6. The third-order valence-electron chi connectivity index (χ3n) is 3.28. The maximum atomic E-state index is 12.1. The van der Waals surface area contributed by atoms with E-state index in [0.717, 1.165) is 25.9 Å². The number of nitrogens with zero attached hydrogens (tertiary/aromatic N) is 1. The SMILES string of the molecule is CNCCCS(=O)(=O)N(CC1CC1)C1CC1. The Labute approximate surface area is 98.4 Å². The van der Waals surface area contributed by atoms with E-state index in [-0.39, 0.29) is 0 Å². The minimum Gasteiger partial charge on any atom is -0.320 e. The van der Waals surface area contributed by atoms with Crippen molar-refractivity contribution in [1.29, 1.82) is 0 Å². The maximum absolute atomic E-state index is 12.1. The monoisotopic (exact) mass is 246 g/mol. The van der Waals surface area contributed by atoms with Gasteiger partial charge in [-0.1, -0.05) is 0 Å². The first-order chi connectivity index (χ1) is 7.63. The number of rotatable bonds is 8. The van der Waals surface area contributed by atoms with Gasteiger partial charge in [0.05, 0.1) is 5.75 Å². The van der Waals surface area contributed by atoms with Crippen LogP contribution in [0, 0.1) is 5.92 Å². The topological polar surface area (TPSA) is 49.4 Å². The molecule has 0 aliphatic heterocycles. The molecule has 94 valence electrons. The van der Waals surface area contributed by atoms with Gasteiger partial charge in [-0.2, -0.15) is 4.31 Å². The lowest BCUT2D eigenvalue weighted by Crippen LogP contribution is -2.37. The van der Waals surface area contributed by atoms with Crippen LogP contribution in [0.3, 0.4) is 0 Å². The standard InChI is InChI=1S/C11H22N2O2S/c1-12-7-2-8-16(14,15)13(11-5-6-11)9-10-3-4-10/h10-12H,2-9H2,1H3. The van der Waals surface area contributed by atoms with Crippen LogP contribution in [-0.2, 0) is 10.0 Å². The van der Waals surface area contributed by atoms with E-state index in [0.29, 0.717) is 24.1 Å². The molecule has 0 unspecified atom stereocenters. The summed E-state index contributed by atoms with van der Waals surface area (Å²) in [5.74, 6) is 0.955. The van der Waals surface area contributed by atoms with Crippen LogP contribution in [0.1, 0.15) is 32.1 Å². The molecule has 4 nitrogen and oxygen atoms in total. The van der Waals surface area contributed by atoms with E-state index in [1.165, 1.54) is 12.8 Å². The Kier molecular flexibility index (Phi) is 3.87. The van der Waals surface area contributed by atoms with Crippen LogP contribution in [0.15, 0.2) is 0 Å². The number of sulfonamides is 1. The summed E-state index contributed by atoms with van der Waals surface area (Å²) >= 11 is 0. The summed E-state index contributed by atoms with van der Waals surface area (Å²) in [7, 11) is -1.14. The van der Waals surface area contributed by atoms with Gasteiger partial charge in [0.15, 0.2) is 0 Å². The molecule has 2 aliphatic carbocycles. The van der Waals surface area contributed by atoms with E-state index in [1.54, 1.807) is 4.31 Å². The van der Waals surface area contributed by atoms with Gasteiger partial charge in [0.2, 0.25) is 10.0 Å². The Bertz CT molecular complexity index is 321. The molecule has 2 aliphatic rings. The van der Waals surface area contributed by atoms with Crippen LogP contribution in [0.25, 0.3) is 0 Å². The average molecular weight is 246 g/mol. The second-order valence-electron chi connectivity index (χ2n) is 5.02. The van der Waals surface area contributed by atoms with E-state index in [2.05, 4.69) is 5.32 Å². The third-order valence-corrected chi connectivity index (χ3v) is 5.24. The molecule has 0 aromatic rings. The second kappa shape index (κ2) is 5.02. The molecule has 5 heteroatoms. The van der Waals surface area contributed by atoms with Crippen molar-refractivity contribution in [1.82, 2.24) is 9.62 Å². The fourth-order valence-electron chi connectivity index (χ4n) is 1.96. The average Bonchev–Trinajstić information content (AvgIpc) is 3.08. The summed E-state index contributed by atoms with van der Waals surface area (Å²) in [6, 6.07) is 0.334. The molecule has 0 heterocycles. The minimum absolute atomic E-state index is 0.303. The molecular weight excluding hydrogens is 224 g/mol. The third kappa shape index (κ3) is 3.43. The number of hydrogen-bond acceptors (Lipinski definition) is 3. The fraction of sp³-hybridized carbons (Fsp3) is 1.00. The van der Waals surface area contributed by atoms with Crippen molar-refractivity contribution in [3.8, 4) is 0 Å². The molecule has 0 aromatic carbocycles. The van der Waals surface area contributed by atoms with Crippen molar-refractivity contribution in [2.45, 2.75) is 38.1 Å². The molecule has 0 saturated heterocycles. The molecule has 1 N–H and O–H groups in total. The Balaban J connectivity index is 1.88. The largest absolute Gasteiger partial charge is 0.320 e. The van der Waals surface area contributed by atoms with Crippen molar-refractivity contribution in [2.75, 3.05) is 25.9 Å². The highest BCUT2D eigenvalue weighted by Crippen LogP contribution is 2.36. The summed E-state index contributed by atoms with van der Waals surface area (Å²) < 4.78 is 26.1. The van der Waals surface area contributed by atoms with Gasteiger partial charge in [-0.25, -0.2) is 8.42 Å². The van der Waals surface area contributed by atoms with E-state index in [9.17, 15) is 8.42 Å². The Hall–Kier alpha value is -0.130. The Morgan fingerprint density at radius 1 is 1.25 bits per heavy atom. The van der Waals surface area contributed by atoms with Crippen LogP contribution >= 0.6 is 0 Å². The summed E-state index contributed by atoms with van der Waals surface area (Å²) in [6.45, 7) is 1.56. The molecule has 2 saturated carbocycles. The number of nitrogens with one attached hydrogen (secondary N) is 1. The first-order valence-electron chi connectivity index (χ1n) is 6.27. The van der Waals surface area contributed by atoms with Crippen LogP contribution in [0.5, 0.6) is 0 Å². The Morgan fingerprint density at radius 3 is 2.44 bits per heavy atom. The second-order valence-corrected chi connectivity index (χ2v) is 7.06. The van der Waals surface area contributed by atoms with Crippen molar-refractivity contribution >= 4 is 10.0 Å². The molecule has 0 bridgehead atoms. The molecule has 16 heavy (non-hydrogen) atoms. The van der Waals surface area contributed by atoms with Gasteiger partial charge in [0.1, 0.15) is 0 Å². The normalized spacial score (nSPS) is 21.6. The van der Waals surface area contributed by atoms with Gasteiger partial charge in [-0.3, -0.25) is 0 Å². The van der Waals surface area contributed by atoms with Gasteiger partial charge in [0, 0.05) is 12.6 Å². The van der Waals surface area contributed by atoms with Crippen LogP contribution in [-0.4, -0.2) is 44.7 Å². The van der Waals surface area contributed by atoms with Gasteiger partial charge in [-0.15, -0.1) is 0 Å². The molecule has 0 atom stereocenters. The van der Waals surface area contributed by atoms with E-state index in [1.807, 2.05) is 7.05 Å². The highest BCUT2D eigenvalue weighted by atomic mass is 32.2. The van der Waals surface area contributed by atoms with Crippen molar-refractivity contribution in [3.05, 3.63) is 0 Å². The lowest BCUT2D eigenvalue weighted by Gasteiger charge is -2.21. The minimum atomic E-state index is -2.99. The van der Waals surface area contributed by atoms with Crippen LogP contribution < -0.4 is 5.32 Å². The molecule has 0 spiro atoms. The number of hydrogen-bond donors (Lipinski definition) is 1. The molecule has 2 fully saturated rings. The summed E-state index contributed by atoms with van der Waals surface area (Å²) in [5.41, 5.74) is 0. The highest BCUT2D eigenvalue weighted by molar-refractivity contribution is 7.89. The van der Waals surface area contributed by atoms with Crippen molar-refractivity contribution < 1.29 is 8.42 Å².